The molecule has 0 radical (unpaired) electrons. The van der Waals surface area contributed by atoms with E-state index in [0.29, 0.717) is 12.1 Å². The van der Waals surface area contributed by atoms with E-state index in [2.05, 4.69) is 16.0 Å². The van der Waals surface area contributed by atoms with Gasteiger partial charge in [0, 0.05) is 22.7 Å². The number of amides is 3. The minimum absolute atomic E-state index is 0.0411. The van der Waals surface area contributed by atoms with Crippen LogP contribution in [0.25, 0.3) is 0 Å². The zero-order valence-electron chi connectivity index (χ0n) is 21.6. The van der Waals surface area contributed by atoms with Gasteiger partial charge in [-0.2, -0.15) is 13.2 Å². The highest BCUT2D eigenvalue weighted by Gasteiger charge is 2.36. The summed E-state index contributed by atoms with van der Waals surface area (Å²) in [5.74, 6) is -4.41. The molecule has 0 spiro atoms. The Bertz CT molecular complexity index is 1530. The maximum atomic E-state index is 14.2. The number of halogens is 6. The number of hydrogen-bond donors (Lipinski definition) is 4. The van der Waals surface area contributed by atoms with Gasteiger partial charge in [-0.05, 0) is 62.7 Å². The number of nitrogens with zero attached hydrogens (tertiary/aromatic N) is 1. The third kappa shape index (κ3) is 6.85. The van der Waals surface area contributed by atoms with Gasteiger partial charge in [-0.3, -0.25) is 14.4 Å². The second-order valence-corrected chi connectivity index (χ2v) is 10.5. The molecule has 1 unspecified atom stereocenters. The number of anilines is 1. The first-order valence-corrected chi connectivity index (χ1v) is 12.6. The second kappa shape index (κ2) is 11.1. The molecular formula is C27H24ClF5N4O4. The number of alkyl halides is 3. The molecule has 1 aromatic heterocycles. The van der Waals surface area contributed by atoms with E-state index in [-0.39, 0.29) is 46.7 Å². The van der Waals surface area contributed by atoms with E-state index in [1.54, 1.807) is 13.8 Å². The highest BCUT2D eigenvalue weighted by molar-refractivity contribution is 6.31. The third-order valence-corrected chi connectivity index (χ3v) is 6.62. The summed E-state index contributed by atoms with van der Waals surface area (Å²) in [6.07, 6.45) is -4.75. The van der Waals surface area contributed by atoms with Crippen LogP contribution in [0.2, 0.25) is 5.02 Å². The molecular weight excluding hydrogens is 575 g/mol. The van der Waals surface area contributed by atoms with E-state index in [4.69, 9.17) is 11.6 Å². The molecule has 1 aliphatic heterocycles. The number of aromatic nitrogens is 1. The average Bonchev–Trinajstić information content (AvgIpc) is 3.21. The van der Waals surface area contributed by atoms with Crippen molar-refractivity contribution in [2.75, 3.05) is 11.9 Å². The van der Waals surface area contributed by atoms with Gasteiger partial charge in [0.25, 0.3) is 11.8 Å². The normalized spacial score (nSPS) is 15.2. The van der Waals surface area contributed by atoms with E-state index in [0.717, 1.165) is 12.1 Å². The number of carbonyl (C=O) groups is 3. The summed E-state index contributed by atoms with van der Waals surface area (Å²) in [5, 5.41) is 17.6. The van der Waals surface area contributed by atoms with E-state index < -0.39 is 64.8 Å². The maximum absolute atomic E-state index is 14.2. The Kier molecular flexibility index (Phi) is 8.14. The van der Waals surface area contributed by atoms with E-state index in [9.17, 15) is 41.4 Å². The smallest absolute Gasteiger partial charge is 0.390 e. The van der Waals surface area contributed by atoms with E-state index >= 15 is 0 Å². The van der Waals surface area contributed by atoms with Crippen molar-refractivity contribution in [1.82, 2.24) is 15.2 Å². The molecule has 0 bridgehead atoms. The molecule has 0 aliphatic carbocycles. The highest BCUT2D eigenvalue weighted by atomic mass is 35.5. The average molecular weight is 599 g/mol. The molecule has 218 valence electrons. The summed E-state index contributed by atoms with van der Waals surface area (Å²) in [4.78, 5) is 38.9. The molecule has 1 aliphatic rings. The largest absolute Gasteiger partial charge is 0.416 e. The lowest BCUT2D eigenvalue weighted by Crippen LogP contribution is -2.41. The molecule has 3 aromatic rings. The van der Waals surface area contributed by atoms with Gasteiger partial charge in [0.1, 0.15) is 23.9 Å². The lowest BCUT2D eigenvalue weighted by molar-refractivity contribution is -0.137. The minimum atomic E-state index is -4.93. The number of aliphatic hydroxyl groups is 1. The fraction of sp³-hybridized carbons (Fsp3) is 0.296. The van der Waals surface area contributed by atoms with Gasteiger partial charge in [0.15, 0.2) is 0 Å². The Morgan fingerprint density at radius 3 is 2.44 bits per heavy atom. The standard InChI is InChI=1S/C27H24ClF5N4O4/c1-26(2,41)5-6-34-25(40)20-11-19(35-24(39)13-7-14(27(31,32)33)9-16(30)8-13)23-22(36-21(38)12-37(20)23)17-10-15(29)3-4-18(17)28/h3-4,7-11,22,41H,5-6,12H2,1-2H3,(H,34,40)(H,35,39)(H,36,38). The molecule has 8 nitrogen and oxygen atoms in total. The van der Waals surface area contributed by atoms with Crippen molar-refractivity contribution in [3.05, 3.63) is 87.2 Å². The predicted octanol–water partition coefficient (Wildman–Crippen LogP) is 4.80. The number of hydrogen-bond acceptors (Lipinski definition) is 4. The van der Waals surface area contributed by atoms with Crippen LogP contribution in [-0.4, -0.2) is 39.5 Å². The van der Waals surface area contributed by atoms with Gasteiger partial charge in [-0.1, -0.05) is 11.6 Å². The van der Waals surface area contributed by atoms with Crippen LogP contribution in [0.4, 0.5) is 27.6 Å². The Labute approximate surface area is 235 Å². The van der Waals surface area contributed by atoms with Crippen LogP contribution in [0, 0.1) is 11.6 Å². The molecule has 14 heteroatoms. The Morgan fingerprint density at radius 2 is 1.78 bits per heavy atom. The molecule has 3 amide bonds. The lowest BCUT2D eigenvalue weighted by Gasteiger charge is -2.29. The molecule has 4 N–H and O–H groups in total. The van der Waals surface area contributed by atoms with Crippen molar-refractivity contribution in [3.63, 3.8) is 0 Å². The van der Waals surface area contributed by atoms with Crippen LogP contribution in [0.3, 0.4) is 0 Å². The van der Waals surface area contributed by atoms with Crippen LogP contribution >= 0.6 is 11.6 Å². The summed E-state index contributed by atoms with van der Waals surface area (Å²) >= 11 is 6.29. The zero-order valence-corrected chi connectivity index (χ0v) is 22.4. The molecule has 41 heavy (non-hydrogen) atoms. The Hall–Kier alpha value is -3.97. The van der Waals surface area contributed by atoms with Crippen molar-refractivity contribution in [1.29, 1.82) is 0 Å². The van der Waals surface area contributed by atoms with Gasteiger partial charge in [-0.25, -0.2) is 8.78 Å². The molecule has 0 fully saturated rings. The SMILES string of the molecule is CC(C)(O)CCNC(=O)c1cc(NC(=O)c2cc(F)cc(C(F)(F)F)c2)c2n1CC(=O)NC2c1cc(F)ccc1Cl. The summed E-state index contributed by atoms with van der Waals surface area (Å²) < 4.78 is 69.1. The summed E-state index contributed by atoms with van der Waals surface area (Å²) in [6.45, 7) is 2.72. The molecule has 0 saturated carbocycles. The lowest BCUT2D eigenvalue weighted by atomic mass is 10.0. The van der Waals surface area contributed by atoms with Crippen LogP contribution in [0.1, 0.15) is 64.0 Å². The second-order valence-electron chi connectivity index (χ2n) is 10.1. The number of rotatable bonds is 7. The van der Waals surface area contributed by atoms with Gasteiger partial charge in [0.05, 0.1) is 28.6 Å². The van der Waals surface area contributed by atoms with Gasteiger partial charge < -0.3 is 25.6 Å². The molecule has 2 heterocycles. The number of fused-ring (bicyclic) bond motifs is 1. The summed E-state index contributed by atoms with van der Waals surface area (Å²) in [7, 11) is 0. The molecule has 4 rings (SSSR count). The summed E-state index contributed by atoms with van der Waals surface area (Å²) in [5.41, 5.74) is -3.22. The van der Waals surface area contributed by atoms with E-state index in [1.807, 2.05) is 0 Å². The monoisotopic (exact) mass is 598 g/mol. The fourth-order valence-corrected chi connectivity index (χ4v) is 4.59. The van der Waals surface area contributed by atoms with Crippen LogP contribution in [0.5, 0.6) is 0 Å². The van der Waals surface area contributed by atoms with E-state index in [1.165, 1.54) is 16.7 Å². The van der Waals surface area contributed by atoms with Crippen LogP contribution < -0.4 is 16.0 Å². The summed E-state index contributed by atoms with van der Waals surface area (Å²) in [6, 6.07) is 4.70. The van der Waals surface area contributed by atoms with Gasteiger partial charge >= 0.3 is 6.18 Å². The first-order valence-electron chi connectivity index (χ1n) is 12.2. The molecule has 1 atom stereocenters. The first kappa shape index (κ1) is 30.0. The number of carbonyl (C=O) groups excluding carboxylic acids is 3. The molecule has 2 aromatic carbocycles. The Morgan fingerprint density at radius 1 is 1.07 bits per heavy atom. The third-order valence-electron chi connectivity index (χ3n) is 6.28. The van der Waals surface area contributed by atoms with Crippen molar-refractivity contribution < 1.29 is 41.4 Å². The first-order chi connectivity index (χ1) is 19.0. The Balaban J connectivity index is 1.80. The van der Waals surface area contributed by atoms with Crippen LogP contribution in [0.15, 0.2) is 42.5 Å². The minimum Gasteiger partial charge on any atom is -0.390 e. The zero-order chi connectivity index (χ0) is 30.3. The van der Waals surface area contributed by atoms with Crippen molar-refractivity contribution in [3.8, 4) is 0 Å². The van der Waals surface area contributed by atoms with Gasteiger partial charge in [-0.15, -0.1) is 0 Å². The maximum Gasteiger partial charge on any atom is 0.416 e. The van der Waals surface area contributed by atoms with Gasteiger partial charge in [0.2, 0.25) is 5.91 Å². The fourth-order valence-electron chi connectivity index (χ4n) is 4.36. The van der Waals surface area contributed by atoms with Crippen molar-refractivity contribution in [2.45, 2.75) is 44.6 Å². The topological polar surface area (TPSA) is 112 Å². The van der Waals surface area contributed by atoms with Crippen molar-refractivity contribution >= 4 is 35.0 Å². The highest BCUT2D eigenvalue weighted by Crippen LogP contribution is 2.38. The van der Waals surface area contributed by atoms with Crippen molar-refractivity contribution in [2.24, 2.45) is 0 Å². The number of nitrogens with one attached hydrogen (secondary N) is 3. The number of benzene rings is 2. The quantitative estimate of drug-likeness (QED) is 0.293. The molecule has 0 saturated heterocycles. The predicted molar refractivity (Wildman–Crippen MR) is 138 cm³/mol. The van der Waals surface area contributed by atoms with Crippen LogP contribution in [-0.2, 0) is 17.5 Å².